The Bertz CT molecular complexity index is 651. The van der Waals surface area contributed by atoms with Crippen LogP contribution in [0.5, 0.6) is 0 Å². The van der Waals surface area contributed by atoms with Crippen LogP contribution >= 0.6 is 12.2 Å². The average molecular weight is 276 g/mol. The summed E-state index contributed by atoms with van der Waals surface area (Å²) in [4.78, 5) is 7.45. The molecule has 0 atom stereocenters. The number of rotatable bonds is 2. The molecule has 0 spiro atoms. The lowest BCUT2D eigenvalue weighted by Crippen LogP contribution is -2.26. The number of nitrogens with zero attached hydrogens (tertiary/aromatic N) is 1. The minimum atomic E-state index is -0.257. The third kappa shape index (κ3) is 2.64. The topological polar surface area (TPSA) is 52.7 Å². The maximum Gasteiger partial charge on any atom is 0.198 e. The van der Waals surface area contributed by atoms with E-state index in [0.717, 1.165) is 42.3 Å². The zero-order valence-corrected chi connectivity index (χ0v) is 11.0. The number of halogens is 1. The van der Waals surface area contributed by atoms with Crippen LogP contribution in [0.2, 0.25) is 0 Å². The monoisotopic (exact) mass is 276 g/mol. The molecule has 1 aromatic carbocycles. The van der Waals surface area contributed by atoms with Crippen molar-refractivity contribution in [3.63, 3.8) is 0 Å². The summed E-state index contributed by atoms with van der Waals surface area (Å²) in [6, 6.07) is 6.19. The van der Waals surface area contributed by atoms with Crippen molar-refractivity contribution in [3.05, 3.63) is 46.1 Å². The van der Waals surface area contributed by atoms with E-state index in [0.29, 0.717) is 4.77 Å². The van der Waals surface area contributed by atoms with E-state index >= 15 is 0 Å². The number of H-pyrrole nitrogens is 1. The Hall–Kier alpha value is -1.79. The van der Waals surface area contributed by atoms with E-state index in [1.54, 1.807) is 12.1 Å². The van der Waals surface area contributed by atoms with Crippen LogP contribution in [0.4, 0.5) is 15.9 Å². The van der Waals surface area contributed by atoms with Crippen LogP contribution in [0.1, 0.15) is 11.3 Å². The molecule has 4 nitrogen and oxygen atoms in total. The van der Waals surface area contributed by atoms with Crippen molar-refractivity contribution < 1.29 is 4.39 Å². The van der Waals surface area contributed by atoms with Gasteiger partial charge in [0.15, 0.2) is 4.77 Å². The molecule has 1 aromatic heterocycles. The first-order valence-corrected chi connectivity index (χ1v) is 6.48. The molecule has 3 N–H and O–H groups in total. The van der Waals surface area contributed by atoms with Crippen LogP contribution in [0.3, 0.4) is 0 Å². The lowest BCUT2D eigenvalue weighted by Gasteiger charge is -2.20. The van der Waals surface area contributed by atoms with E-state index in [2.05, 4.69) is 20.6 Å². The fraction of sp³-hybridized carbons (Fsp3) is 0.231. The molecule has 2 heterocycles. The van der Waals surface area contributed by atoms with Gasteiger partial charge in [-0.25, -0.2) is 9.37 Å². The molecule has 0 bridgehead atoms. The molecule has 0 unspecified atom stereocenters. The summed E-state index contributed by atoms with van der Waals surface area (Å²) in [7, 11) is 0. The molecule has 1 aliphatic rings. The lowest BCUT2D eigenvalue weighted by atomic mass is 10.1. The number of nitrogens with one attached hydrogen (secondary N) is 3. The summed E-state index contributed by atoms with van der Waals surface area (Å²) >= 11 is 5.13. The minimum absolute atomic E-state index is 0.257. The van der Waals surface area contributed by atoms with Gasteiger partial charge in [-0.1, -0.05) is 0 Å². The highest BCUT2D eigenvalue weighted by Gasteiger charge is 2.15. The van der Waals surface area contributed by atoms with Gasteiger partial charge in [0.25, 0.3) is 0 Å². The van der Waals surface area contributed by atoms with E-state index in [9.17, 15) is 4.39 Å². The molecule has 0 fully saturated rings. The molecule has 0 radical (unpaired) electrons. The molecule has 0 saturated carbocycles. The second-order valence-corrected chi connectivity index (χ2v) is 4.79. The summed E-state index contributed by atoms with van der Waals surface area (Å²) in [5.74, 6) is 0.477. The van der Waals surface area contributed by atoms with Crippen molar-refractivity contribution >= 4 is 23.7 Å². The normalized spacial score (nSPS) is 13.9. The Kier molecular flexibility index (Phi) is 3.27. The molecule has 19 heavy (non-hydrogen) atoms. The molecule has 6 heteroatoms. The standard InChI is InChI=1S/C13H13FN4S/c14-8-1-3-9(4-2-8)16-12-10-7-15-6-5-11(10)17-13(19)18-12/h1-4,15H,5-7H2,(H2,16,17,18,19). The van der Waals surface area contributed by atoms with Gasteiger partial charge in [-0.15, -0.1) is 0 Å². The Balaban J connectivity index is 1.98. The van der Waals surface area contributed by atoms with E-state index in [4.69, 9.17) is 12.2 Å². The van der Waals surface area contributed by atoms with Crippen LogP contribution < -0.4 is 10.6 Å². The number of aromatic nitrogens is 2. The lowest BCUT2D eigenvalue weighted by molar-refractivity contribution is 0.626. The fourth-order valence-corrected chi connectivity index (χ4v) is 2.36. The molecule has 2 aromatic rings. The SMILES string of the molecule is Fc1ccc(Nc2nc(=S)[nH]c3c2CNCC3)cc1. The Morgan fingerprint density at radius 2 is 2.05 bits per heavy atom. The van der Waals surface area contributed by atoms with Crippen LogP contribution in [0.25, 0.3) is 0 Å². The van der Waals surface area contributed by atoms with Crippen molar-refractivity contribution in [1.29, 1.82) is 0 Å². The van der Waals surface area contributed by atoms with Gasteiger partial charge in [0, 0.05) is 36.5 Å². The number of benzene rings is 1. The predicted octanol–water partition coefficient (Wildman–Crippen LogP) is 2.67. The van der Waals surface area contributed by atoms with Crippen LogP contribution in [-0.4, -0.2) is 16.5 Å². The Labute approximate surface area is 115 Å². The number of anilines is 2. The van der Waals surface area contributed by atoms with Crippen molar-refractivity contribution in [3.8, 4) is 0 Å². The molecule has 0 amide bonds. The third-order valence-corrected chi connectivity index (χ3v) is 3.28. The molecule has 0 saturated heterocycles. The highest BCUT2D eigenvalue weighted by atomic mass is 32.1. The summed E-state index contributed by atoms with van der Waals surface area (Å²) in [6.07, 6.45) is 0.902. The van der Waals surface area contributed by atoms with Gasteiger partial charge < -0.3 is 15.6 Å². The van der Waals surface area contributed by atoms with Gasteiger partial charge >= 0.3 is 0 Å². The van der Waals surface area contributed by atoms with Gasteiger partial charge in [-0.3, -0.25) is 0 Å². The third-order valence-electron chi connectivity index (χ3n) is 3.08. The first-order valence-electron chi connectivity index (χ1n) is 6.08. The van der Waals surface area contributed by atoms with Gasteiger partial charge in [0.2, 0.25) is 0 Å². The van der Waals surface area contributed by atoms with E-state index in [-0.39, 0.29) is 5.82 Å². The summed E-state index contributed by atoms with van der Waals surface area (Å²) < 4.78 is 13.4. The largest absolute Gasteiger partial charge is 0.340 e. The molecular formula is C13H13FN4S. The van der Waals surface area contributed by atoms with Crippen molar-refractivity contribution in [1.82, 2.24) is 15.3 Å². The fourth-order valence-electron chi connectivity index (χ4n) is 2.15. The smallest absolute Gasteiger partial charge is 0.198 e. The van der Waals surface area contributed by atoms with Crippen molar-refractivity contribution in [2.75, 3.05) is 11.9 Å². The molecular weight excluding hydrogens is 263 g/mol. The van der Waals surface area contributed by atoms with Crippen LogP contribution in [0, 0.1) is 10.6 Å². The maximum atomic E-state index is 12.9. The van der Waals surface area contributed by atoms with Crippen molar-refractivity contribution in [2.24, 2.45) is 0 Å². The quantitative estimate of drug-likeness (QED) is 0.738. The second kappa shape index (κ2) is 5.07. The van der Waals surface area contributed by atoms with Gasteiger partial charge in [0.1, 0.15) is 11.6 Å². The maximum absolute atomic E-state index is 12.9. The number of hydrogen-bond acceptors (Lipinski definition) is 4. The first-order chi connectivity index (χ1) is 9.22. The van der Waals surface area contributed by atoms with E-state index < -0.39 is 0 Å². The highest BCUT2D eigenvalue weighted by Crippen LogP contribution is 2.23. The second-order valence-electron chi connectivity index (χ2n) is 4.41. The van der Waals surface area contributed by atoms with Crippen LogP contribution in [-0.2, 0) is 13.0 Å². The van der Waals surface area contributed by atoms with Gasteiger partial charge in [-0.05, 0) is 36.5 Å². The number of fused-ring (bicyclic) bond motifs is 1. The number of hydrogen-bond donors (Lipinski definition) is 3. The van der Waals surface area contributed by atoms with E-state index in [1.807, 2.05) is 0 Å². The summed E-state index contributed by atoms with van der Waals surface area (Å²) in [5, 5.41) is 6.50. The first kappa shape index (κ1) is 12.3. The van der Waals surface area contributed by atoms with Crippen molar-refractivity contribution in [2.45, 2.75) is 13.0 Å². The predicted molar refractivity (Wildman–Crippen MR) is 74.5 cm³/mol. The average Bonchev–Trinajstić information content (AvgIpc) is 2.41. The van der Waals surface area contributed by atoms with E-state index in [1.165, 1.54) is 12.1 Å². The summed E-state index contributed by atoms with van der Waals surface area (Å²) in [6.45, 7) is 1.68. The zero-order valence-electron chi connectivity index (χ0n) is 10.2. The zero-order chi connectivity index (χ0) is 13.2. The molecule has 98 valence electrons. The Morgan fingerprint density at radius 3 is 2.84 bits per heavy atom. The molecule has 1 aliphatic heterocycles. The molecule has 3 rings (SSSR count). The number of aromatic amines is 1. The van der Waals surface area contributed by atoms with Gasteiger partial charge in [0.05, 0.1) is 0 Å². The van der Waals surface area contributed by atoms with Crippen LogP contribution in [0.15, 0.2) is 24.3 Å². The molecule has 0 aliphatic carbocycles. The minimum Gasteiger partial charge on any atom is -0.340 e. The summed E-state index contributed by atoms with van der Waals surface area (Å²) in [5.41, 5.74) is 3.00. The van der Waals surface area contributed by atoms with Gasteiger partial charge in [-0.2, -0.15) is 0 Å². The Morgan fingerprint density at radius 1 is 1.26 bits per heavy atom. The highest BCUT2D eigenvalue weighted by molar-refractivity contribution is 7.71.